The third-order valence-electron chi connectivity index (χ3n) is 10.6. The number of benzene rings is 4. The Kier molecular flexibility index (Phi) is 14.8. The molecule has 0 saturated carbocycles. The molecule has 55 heavy (non-hydrogen) atoms. The van der Waals surface area contributed by atoms with E-state index in [0.29, 0.717) is 36.8 Å². The summed E-state index contributed by atoms with van der Waals surface area (Å²) in [5, 5.41) is 15.5. The zero-order chi connectivity index (χ0) is 38.4. The number of carbonyl (C=O) groups is 2. The molecule has 2 aliphatic heterocycles. The maximum absolute atomic E-state index is 12.7. The monoisotopic (exact) mass is 748 g/mol. The van der Waals surface area contributed by atoms with Crippen molar-refractivity contribution in [1.29, 1.82) is 0 Å². The van der Waals surface area contributed by atoms with Crippen molar-refractivity contribution < 1.29 is 28.9 Å². The molecule has 2 saturated heterocycles. The van der Waals surface area contributed by atoms with E-state index in [-0.39, 0.29) is 30.6 Å². The van der Waals surface area contributed by atoms with Crippen molar-refractivity contribution in [1.82, 2.24) is 10.2 Å². The van der Waals surface area contributed by atoms with Crippen LogP contribution in [0.5, 0.6) is 0 Å². The number of nitrogens with two attached hydrogens (primary N) is 1. The fourth-order valence-electron chi connectivity index (χ4n) is 7.57. The van der Waals surface area contributed by atoms with Crippen molar-refractivity contribution >= 4 is 23.2 Å². The topological polar surface area (TPSA) is 135 Å². The number of amides is 2. The summed E-state index contributed by atoms with van der Waals surface area (Å²) in [5.74, 6) is -0.0254. The van der Waals surface area contributed by atoms with Crippen LogP contribution in [0.3, 0.4) is 0 Å². The summed E-state index contributed by atoms with van der Waals surface area (Å²) in [6.07, 6.45) is 6.50. The van der Waals surface area contributed by atoms with E-state index < -0.39 is 6.29 Å². The predicted octanol–water partition coefficient (Wildman–Crippen LogP) is 7.68. The third-order valence-corrected chi connectivity index (χ3v) is 10.6. The molecule has 2 heterocycles. The van der Waals surface area contributed by atoms with E-state index in [4.69, 9.17) is 19.9 Å². The van der Waals surface area contributed by atoms with Crippen molar-refractivity contribution in [2.24, 2.45) is 0 Å². The second kappa shape index (κ2) is 20.4. The molecule has 10 nitrogen and oxygen atoms in total. The Morgan fingerprint density at radius 1 is 0.836 bits per heavy atom. The number of likely N-dealkylation sites (tertiary alicyclic amines) is 1. The van der Waals surface area contributed by atoms with Crippen LogP contribution in [0, 0.1) is 0 Å². The molecule has 0 aliphatic carbocycles. The van der Waals surface area contributed by atoms with Crippen LogP contribution in [0.1, 0.15) is 92.4 Å². The van der Waals surface area contributed by atoms with Crippen molar-refractivity contribution in [3.05, 3.63) is 119 Å². The molecule has 4 aromatic carbocycles. The lowest BCUT2D eigenvalue weighted by molar-refractivity contribution is -0.253. The van der Waals surface area contributed by atoms with Gasteiger partial charge in [0.25, 0.3) is 0 Å². The zero-order valence-corrected chi connectivity index (χ0v) is 32.0. The Bertz CT molecular complexity index is 1830. The minimum atomic E-state index is -0.544. The summed E-state index contributed by atoms with van der Waals surface area (Å²) >= 11 is 0. The van der Waals surface area contributed by atoms with E-state index in [1.165, 1.54) is 0 Å². The summed E-state index contributed by atoms with van der Waals surface area (Å²) in [7, 11) is 1.77. The quantitative estimate of drug-likeness (QED) is 0.0602. The molecule has 4 aromatic rings. The van der Waals surface area contributed by atoms with Crippen LogP contribution >= 0.6 is 0 Å². The maximum atomic E-state index is 12.7. The van der Waals surface area contributed by atoms with Crippen LogP contribution in [0.25, 0.3) is 11.1 Å². The SMILES string of the molecule is COCC1CCCN1CC1CC(c2ccc(CO)cc2)OC(c2cccc(-c3cccc(CNC(=O)CCCCCCC(=O)Nc4ccccc4N)c3)c2)O1. The highest BCUT2D eigenvalue weighted by atomic mass is 16.7. The lowest BCUT2D eigenvalue weighted by Gasteiger charge is -2.39. The van der Waals surface area contributed by atoms with E-state index in [1.54, 1.807) is 19.2 Å². The molecule has 2 amide bonds. The highest BCUT2D eigenvalue weighted by molar-refractivity contribution is 5.93. The van der Waals surface area contributed by atoms with Crippen LogP contribution in [0.4, 0.5) is 11.4 Å². The van der Waals surface area contributed by atoms with Gasteiger partial charge in [0.05, 0.1) is 36.8 Å². The summed E-state index contributed by atoms with van der Waals surface area (Å²) in [6, 6.07) is 32.2. The lowest BCUT2D eigenvalue weighted by Crippen LogP contribution is -2.42. The predicted molar refractivity (Wildman–Crippen MR) is 216 cm³/mol. The van der Waals surface area contributed by atoms with Gasteiger partial charge in [0.2, 0.25) is 11.8 Å². The Morgan fingerprint density at radius 2 is 1.58 bits per heavy atom. The van der Waals surface area contributed by atoms with Crippen molar-refractivity contribution in [3.63, 3.8) is 0 Å². The standard InChI is InChI=1S/C45H56N4O6/c1-53-31-38-15-10-24-49(38)29-39-27-42(34-22-20-32(30-50)21-23-34)55-45(54-39)37-14-9-13-36(26-37)35-12-8-11-33(25-35)28-47-43(51)18-4-2-3-5-19-44(52)48-41-17-7-6-16-40(41)46/h6-9,11-14,16-17,20-23,25-26,38-39,42,45,50H,2-5,10,15,18-19,24,27-31,46H2,1H3,(H,47,51)(H,48,52). The first kappa shape index (κ1) is 40.1. The van der Waals surface area contributed by atoms with Gasteiger partial charge in [0, 0.05) is 51.1 Å². The van der Waals surface area contributed by atoms with Crippen molar-refractivity contribution in [2.45, 2.75) is 95.5 Å². The average Bonchev–Trinajstić information content (AvgIpc) is 3.65. The number of methoxy groups -OCH3 is 1. The number of aliphatic hydroxyl groups excluding tert-OH is 1. The van der Waals surface area contributed by atoms with Gasteiger partial charge in [-0.1, -0.05) is 85.6 Å². The number of anilines is 2. The third kappa shape index (κ3) is 11.7. The smallest absolute Gasteiger partial charge is 0.224 e. The molecule has 5 N–H and O–H groups in total. The van der Waals surface area contributed by atoms with Crippen LogP contribution in [-0.2, 0) is 37.0 Å². The molecule has 0 spiro atoms. The second-order valence-corrected chi connectivity index (χ2v) is 14.7. The van der Waals surface area contributed by atoms with Crippen LogP contribution < -0.4 is 16.4 Å². The van der Waals surface area contributed by atoms with Gasteiger partial charge in [-0.25, -0.2) is 0 Å². The lowest BCUT2D eigenvalue weighted by atomic mass is 9.98. The molecule has 2 aliphatic rings. The van der Waals surface area contributed by atoms with E-state index in [2.05, 4.69) is 45.9 Å². The summed E-state index contributed by atoms with van der Waals surface area (Å²) in [6.45, 7) is 3.03. The normalized spacial score (nSPS) is 20.0. The number of para-hydroxylation sites is 2. The maximum Gasteiger partial charge on any atom is 0.224 e. The number of nitrogens with zero attached hydrogens (tertiary/aromatic N) is 1. The van der Waals surface area contributed by atoms with Gasteiger partial charge in [-0.15, -0.1) is 0 Å². The summed E-state index contributed by atoms with van der Waals surface area (Å²) < 4.78 is 18.9. The number of nitrogens with one attached hydrogen (secondary N) is 2. The molecule has 10 heteroatoms. The summed E-state index contributed by atoms with van der Waals surface area (Å²) in [4.78, 5) is 27.4. The Hall–Kier alpha value is -4.58. The largest absolute Gasteiger partial charge is 0.397 e. The van der Waals surface area contributed by atoms with Crippen molar-refractivity contribution in [3.8, 4) is 11.1 Å². The van der Waals surface area contributed by atoms with Gasteiger partial charge in [0.1, 0.15) is 0 Å². The molecule has 0 radical (unpaired) electrons. The number of aliphatic hydroxyl groups is 1. The molecular weight excluding hydrogens is 693 g/mol. The fourth-order valence-corrected chi connectivity index (χ4v) is 7.57. The Balaban J connectivity index is 1.01. The van der Waals surface area contributed by atoms with E-state index in [0.717, 1.165) is 98.0 Å². The average molecular weight is 749 g/mol. The highest BCUT2D eigenvalue weighted by Gasteiger charge is 2.35. The molecule has 6 rings (SSSR count). The molecule has 2 fully saturated rings. The van der Waals surface area contributed by atoms with Crippen LogP contribution in [0.15, 0.2) is 97.1 Å². The zero-order valence-electron chi connectivity index (χ0n) is 32.0. The first-order valence-electron chi connectivity index (χ1n) is 19.7. The van der Waals surface area contributed by atoms with E-state index >= 15 is 0 Å². The van der Waals surface area contributed by atoms with Gasteiger partial charge < -0.3 is 35.7 Å². The van der Waals surface area contributed by atoms with Gasteiger partial charge >= 0.3 is 0 Å². The number of ether oxygens (including phenoxy) is 3. The first-order chi connectivity index (χ1) is 26.9. The molecule has 4 atom stereocenters. The van der Waals surface area contributed by atoms with E-state index in [9.17, 15) is 14.7 Å². The number of unbranched alkanes of at least 4 members (excludes halogenated alkanes) is 3. The van der Waals surface area contributed by atoms with Crippen LogP contribution in [-0.4, -0.2) is 60.8 Å². The molecule has 0 aromatic heterocycles. The number of rotatable bonds is 18. The molecule has 0 bridgehead atoms. The molecule has 4 unspecified atom stereocenters. The first-order valence-corrected chi connectivity index (χ1v) is 19.7. The van der Waals surface area contributed by atoms with Crippen LogP contribution in [0.2, 0.25) is 0 Å². The van der Waals surface area contributed by atoms with Gasteiger partial charge in [0.15, 0.2) is 6.29 Å². The minimum Gasteiger partial charge on any atom is -0.397 e. The molecule has 292 valence electrons. The van der Waals surface area contributed by atoms with E-state index in [1.807, 2.05) is 54.6 Å². The number of nitrogen functional groups attached to an aromatic ring is 1. The minimum absolute atomic E-state index is 0.00727. The Morgan fingerprint density at radius 3 is 2.35 bits per heavy atom. The van der Waals surface area contributed by atoms with Gasteiger partial charge in [-0.05, 0) is 84.3 Å². The molecular formula is C45H56N4O6. The number of carbonyl (C=O) groups excluding carboxylic acids is 2. The Labute approximate surface area is 325 Å². The van der Waals surface area contributed by atoms with Gasteiger partial charge in [-0.3, -0.25) is 14.5 Å². The van der Waals surface area contributed by atoms with Gasteiger partial charge in [-0.2, -0.15) is 0 Å². The highest BCUT2D eigenvalue weighted by Crippen LogP contribution is 2.39. The number of hydrogen-bond acceptors (Lipinski definition) is 8. The number of hydrogen-bond donors (Lipinski definition) is 4. The fraction of sp³-hybridized carbons (Fsp3) is 0.422. The van der Waals surface area contributed by atoms with Crippen molar-refractivity contribution in [2.75, 3.05) is 37.9 Å². The second-order valence-electron chi connectivity index (χ2n) is 14.7. The summed E-state index contributed by atoms with van der Waals surface area (Å²) in [5.41, 5.74) is 13.1.